The van der Waals surface area contributed by atoms with Crippen molar-refractivity contribution in [3.8, 4) is 0 Å². The predicted molar refractivity (Wildman–Crippen MR) is 80.7 cm³/mol. The van der Waals surface area contributed by atoms with Gasteiger partial charge in [-0.15, -0.1) is 0 Å². The number of fused-ring (bicyclic) bond motifs is 1. The van der Waals surface area contributed by atoms with Crippen LogP contribution < -0.4 is 5.32 Å². The molecule has 2 heterocycles. The van der Waals surface area contributed by atoms with E-state index in [0.717, 1.165) is 32.6 Å². The van der Waals surface area contributed by atoms with E-state index in [2.05, 4.69) is 42.3 Å². The number of amides is 1. The first-order chi connectivity index (χ1) is 9.63. The Kier molecular flexibility index (Phi) is 3.79. The van der Waals surface area contributed by atoms with Crippen LogP contribution in [0.25, 0.3) is 0 Å². The smallest absolute Gasteiger partial charge is 0.222 e. The number of carbonyl (C=O) groups excluding carboxylic acids is 1. The number of aryl methyl sites for hydroxylation is 3. The molecule has 2 aliphatic rings. The first kappa shape index (κ1) is 13.6. The molecule has 0 saturated carbocycles. The van der Waals surface area contributed by atoms with Crippen LogP contribution in [0.1, 0.15) is 23.1 Å². The molecule has 3 rings (SSSR count). The van der Waals surface area contributed by atoms with Crippen LogP contribution in [-0.2, 0) is 11.2 Å². The van der Waals surface area contributed by atoms with Gasteiger partial charge in [0.1, 0.15) is 0 Å². The summed E-state index contributed by atoms with van der Waals surface area (Å²) in [5.41, 5.74) is 3.91. The predicted octanol–water partition coefficient (Wildman–Crippen LogP) is 1.91. The van der Waals surface area contributed by atoms with Crippen molar-refractivity contribution >= 4 is 5.91 Å². The number of rotatable bonds is 3. The van der Waals surface area contributed by atoms with Gasteiger partial charge in [-0.3, -0.25) is 4.79 Å². The fraction of sp³-hybridized carbons (Fsp3) is 0.588. The van der Waals surface area contributed by atoms with E-state index in [-0.39, 0.29) is 0 Å². The summed E-state index contributed by atoms with van der Waals surface area (Å²) in [4.78, 5) is 14.4. The molecule has 1 aromatic rings. The fourth-order valence-electron chi connectivity index (χ4n) is 3.59. The number of nitrogens with zero attached hydrogens (tertiary/aromatic N) is 1. The maximum absolute atomic E-state index is 12.3. The highest BCUT2D eigenvalue weighted by Gasteiger charge is 2.37. The lowest BCUT2D eigenvalue weighted by atomic mass is 10.0. The van der Waals surface area contributed by atoms with E-state index in [0.29, 0.717) is 24.2 Å². The molecule has 0 bridgehead atoms. The molecule has 20 heavy (non-hydrogen) atoms. The Hall–Kier alpha value is -1.35. The van der Waals surface area contributed by atoms with Crippen LogP contribution in [0.5, 0.6) is 0 Å². The Morgan fingerprint density at radius 2 is 1.95 bits per heavy atom. The molecule has 3 heteroatoms. The molecule has 2 atom stereocenters. The second-order valence-electron chi connectivity index (χ2n) is 6.41. The topological polar surface area (TPSA) is 32.3 Å². The van der Waals surface area contributed by atoms with Gasteiger partial charge in [-0.2, -0.15) is 0 Å². The lowest BCUT2D eigenvalue weighted by molar-refractivity contribution is -0.130. The fourth-order valence-corrected chi connectivity index (χ4v) is 3.59. The number of nitrogens with one attached hydrogen (secondary N) is 1. The standard InChI is InChI=1S/C17H24N2O/c1-12-3-4-14(13(2)7-12)5-6-17(20)19-10-15-8-18-9-16(15)11-19/h3-4,7,15-16,18H,5-6,8-11H2,1-2H3/t15-,16+. The van der Waals surface area contributed by atoms with Gasteiger partial charge in [0.2, 0.25) is 5.91 Å². The van der Waals surface area contributed by atoms with Crippen molar-refractivity contribution < 1.29 is 4.79 Å². The molecule has 1 N–H and O–H groups in total. The largest absolute Gasteiger partial charge is 0.342 e. The van der Waals surface area contributed by atoms with Crippen LogP contribution in [0, 0.1) is 25.7 Å². The third-order valence-electron chi connectivity index (χ3n) is 4.85. The van der Waals surface area contributed by atoms with Crippen molar-refractivity contribution in [2.45, 2.75) is 26.7 Å². The van der Waals surface area contributed by atoms with Crippen molar-refractivity contribution in [2.24, 2.45) is 11.8 Å². The first-order valence-electron chi connectivity index (χ1n) is 7.68. The monoisotopic (exact) mass is 272 g/mol. The van der Waals surface area contributed by atoms with Gasteiger partial charge in [0.15, 0.2) is 0 Å². The third-order valence-corrected chi connectivity index (χ3v) is 4.85. The van der Waals surface area contributed by atoms with E-state index >= 15 is 0 Å². The summed E-state index contributed by atoms with van der Waals surface area (Å²) in [5.74, 6) is 1.72. The number of carbonyl (C=O) groups is 1. The van der Waals surface area contributed by atoms with E-state index in [1.165, 1.54) is 16.7 Å². The number of hydrogen-bond donors (Lipinski definition) is 1. The second kappa shape index (κ2) is 5.57. The quantitative estimate of drug-likeness (QED) is 0.911. The summed E-state index contributed by atoms with van der Waals surface area (Å²) in [7, 11) is 0. The Morgan fingerprint density at radius 3 is 2.60 bits per heavy atom. The zero-order valence-electron chi connectivity index (χ0n) is 12.5. The average Bonchev–Trinajstić information content (AvgIpc) is 2.98. The Bertz CT molecular complexity index is 500. The van der Waals surface area contributed by atoms with Gasteiger partial charge in [-0.25, -0.2) is 0 Å². The summed E-state index contributed by atoms with van der Waals surface area (Å²) in [6.45, 7) is 8.35. The molecule has 0 radical (unpaired) electrons. The van der Waals surface area contributed by atoms with Crippen molar-refractivity contribution in [2.75, 3.05) is 26.2 Å². The average molecular weight is 272 g/mol. The van der Waals surface area contributed by atoms with Gasteiger partial charge >= 0.3 is 0 Å². The summed E-state index contributed by atoms with van der Waals surface area (Å²) < 4.78 is 0. The van der Waals surface area contributed by atoms with Crippen LogP contribution in [0.3, 0.4) is 0 Å². The number of benzene rings is 1. The molecule has 2 saturated heterocycles. The summed E-state index contributed by atoms with van der Waals surface area (Å²) in [6, 6.07) is 6.50. The highest BCUT2D eigenvalue weighted by Crippen LogP contribution is 2.27. The van der Waals surface area contributed by atoms with Crippen molar-refractivity contribution in [3.63, 3.8) is 0 Å². The molecule has 0 unspecified atom stereocenters. The van der Waals surface area contributed by atoms with E-state index in [1.807, 2.05) is 0 Å². The normalized spacial score (nSPS) is 25.0. The van der Waals surface area contributed by atoms with E-state index < -0.39 is 0 Å². The molecule has 0 spiro atoms. The molecule has 108 valence electrons. The zero-order valence-corrected chi connectivity index (χ0v) is 12.5. The van der Waals surface area contributed by atoms with Crippen LogP contribution in [0.2, 0.25) is 0 Å². The van der Waals surface area contributed by atoms with Crippen LogP contribution >= 0.6 is 0 Å². The summed E-state index contributed by atoms with van der Waals surface area (Å²) in [5, 5.41) is 3.42. The molecule has 1 amide bonds. The molecule has 0 aliphatic carbocycles. The Balaban J connectivity index is 1.54. The van der Waals surface area contributed by atoms with Crippen molar-refractivity contribution in [1.29, 1.82) is 0 Å². The number of hydrogen-bond acceptors (Lipinski definition) is 2. The molecule has 2 aliphatic heterocycles. The number of likely N-dealkylation sites (tertiary alicyclic amines) is 1. The van der Waals surface area contributed by atoms with Gasteiger partial charge in [-0.1, -0.05) is 23.8 Å². The van der Waals surface area contributed by atoms with Gasteiger partial charge in [0.05, 0.1) is 0 Å². The summed E-state index contributed by atoms with van der Waals surface area (Å²) in [6.07, 6.45) is 1.52. The lowest BCUT2D eigenvalue weighted by Crippen LogP contribution is -2.32. The maximum Gasteiger partial charge on any atom is 0.222 e. The van der Waals surface area contributed by atoms with Crippen molar-refractivity contribution in [1.82, 2.24) is 10.2 Å². The minimum atomic E-state index is 0.333. The highest BCUT2D eigenvalue weighted by atomic mass is 16.2. The van der Waals surface area contributed by atoms with Gasteiger partial charge < -0.3 is 10.2 Å². The molecular formula is C17H24N2O. The van der Waals surface area contributed by atoms with Crippen molar-refractivity contribution in [3.05, 3.63) is 34.9 Å². The van der Waals surface area contributed by atoms with Gasteiger partial charge in [0.25, 0.3) is 0 Å². The third kappa shape index (κ3) is 2.73. The second-order valence-corrected chi connectivity index (χ2v) is 6.41. The SMILES string of the molecule is Cc1ccc(CCC(=O)N2C[C@H]3CNC[C@H]3C2)c(C)c1. The molecule has 2 fully saturated rings. The van der Waals surface area contributed by atoms with E-state index in [9.17, 15) is 4.79 Å². The lowest BCUT2D eigenvalue weighted by Gasteiger charge is -2.17. The minimum absolute atomic E-state index is 0.333. The van der Waals surface area contributed by atoms with E-state index in [4.69, 9.17) is 0 Å². The van der Waals surface area contributed by atoms with Crippen LogP contribution in [-0.4, -0.2) is 37.0 Å². The maximum atomic E-state index is 12.3. The van der Waals surface area contributed by atoms with E-state index in [1.54, 1.807) is 0 Å². The van der Waals surface area contributed by atoms with Crippen LogP contribution in [0.4, 0.5) is 0 Å². The van der Waals surface area contributed by atoms with Crippen LogP contribution in [0.15, 0.2) is 18.2 Å². The summed E-state index contributed by atoms with van der Waals surface area (Å²) >= 11 is 0. The first-order valence-corrected chi connectivity index (χ1v) is 7.68. The Morgan fingerprint density at radius 1 is 1.25 bits per heavy atom. The Labute approximate surface area is 121 Å². The van der Waals surface area contributed by atoms with Gasteiger partial charge in [-0.05, 0) is 43.2 Å². The molecule has 1 aromatic carbocycles. The molecule has 0 aromatic heterocycles. The molecule has 3 nitrogen and oxygen atoms in total. The van der Waals surface area contributed by atoms with Gasteiger partial charge in [0, 0.05) is 32.6 Å². The zero-order chi connectivity index (χ0) is 14.1. The molecular weight excluding hydrogens is 248 g/mol. The minimum Gasteiger partial charge on any atom is -0.342 e. The highest BCUT2D eigenvalue weighted by molar-refractivity contribution is 5.77.